The first-order valence-electron chi connectivity index (χ1n) is 7.27. The van der Waals surface area contributed by atoms with Gasteiger partial charge in [0.05, 0.1) is 13.3 Å². The highest BCUT2D eigenvalue weighted by Gasteiger charge is 2.43. The highest BCUT2D eigenvalue weighted by molar-refractivity contribution is 6.03. The number of ketones is 1. The smallest absolute Gasteiger partial charge is 0.216 e. The van der Waals surface area contributed by atoms with Gasteiger partial charge >= 0.3 is 0 Å². The van der Waals surface area contributed by atoms with Gasteiger partial charge in [0.2, 0.25) is 5.78 Å². The van der Waals surface area contributed by atoms with Crippen LogP contribution >= 0.6 is 0 Å². The molecule has 0 amide bonds. The highest BCUT2D eigenvalue weighted by Crippen LogP contribution is 2.36. The Labute approximate surface area is 120 Å². The summed E-state index contributed by atoms with van der Waals surface area (Å²) < 4.78 is 12.7. The average Bonchev–Trinajstić information content (AvgIpc) is 2.91. The first-order chi connectivity index (χ1) is 9.55. The van der Waals surface area contributed by atoms with E-state index in [1.807, 2.05) is 13.8 Å². The van der Waals surface area contributed by atoms with Crippen molar-refractivity contribution in [2.75, 3.05) is 14.2 Å². The number of rotatable bonds is 5. The van der Waals surface area contributed by atoms with Crippen molar-refractivity contribution in [1.82, 2.24) is 9.78 Å². The molecule has 1 fully saturated rings. The van der Waals surface area contributed by atoms with Crippen molar-refractivity contribution in [3.63, 3.8) is 0 Å². The molecular formula is C15H24N2O3. The molecule has 0 radical (unpaired) electrons. The summed E-state index contributed by atoms with van der Waals surface area (Å²) in [7, 11) is 3.20. The van der Waals surface area contributed by atoms with E-state index in [4.69, 9.17) is 9.47 Å². The monoisotopic (exact) mass is 280 g/mol. The molecule has 1 aromatic rings. The number of Topliss-reactive ketones (excluding diaryl/α,β-unsaturated/α-hetero) is 1. The lowest BCUT2D eigenvalue weighted by Gasteiger charge is -2.34. The summed E-state index contributed by atoms with van der Waals surface area (Å²) in [5.74, 6) is 0.536. The zero-order valence-electron chi connectivity index (χ0n) is 12.8. The van der Waals surface area contributed by atoms with Crippen LogP contribution in [0.4, 0.5) is 0 Å². The van der Waals surface area contributed by atoms with Crippen LogP contribution in [0.5, 0.6) is 5.75 Å². The van der Waals surface area contributed by atoms with Crippen molar-refractivity contribution in [3.05, 3.63) is 11.9 Å². The Morgan fingerprint density at radius 3 is 2.45 bits per heavy atom. The Balaban J connectivity index is 2.43. The summed E-state index contributed by atoms with van der Waals surface area (Å²) in [6.07, 6.45) is 6.37. The molecule has 1 aliphatic rings. The highest BCUT2D eigenvalue weighted by atomic mass is 16.5. The molecule has 5 heteroatoms. The van der Waals surface area contributed by atoms with Gasteiger partial charge in [0.15, 0.2) is 5.75 Å². The van der Waals surface area contributed by atoms with Gasteiger partial charge in [-0.1, -0.05) is 19.3 Å². The zero-order valence-corrected chi connectivity index (χ0v) is 12.8. The molecule has 0 atom stereocenters. The van der Waals surface area contributed by atoms with Crippen LogP contribution in [0.2, 0.25) is 0 Å². The Bertz CT molecular complexity index is 473. The third kappa shape index (κ3) is 2.46. The molecule has 1 aromatic heterocycles. The number of methoxy groups -OCH3 is 2. The van der Waals surface area contributed by atoms with Gasteiger partial charge in [-0.05, 0) is 26.7 Å². The number of nitrogens with zero attached hydrogens (tertiary/aromatic N) is 2. The first kappa shape index (κ1) is 15.0. The number of hydrogen-bond donors (Lipinski definition) is 0. The number of carbonyl (C=O) groups is 1. The van der Waals surface area contributed by atoms with E-state index in [9.17, 15) is 4.79 Å². The maximum absolute atomic E-state index is 13.1. The van der Waals surface area contributed by atoms with Crippen LogP contribution < -0.4 is 4.74 Å². The zero-order chi connectivity index (χ0) is 14.8. The van der Waals surface area contributed by atoms with Gasteiger partial charge in [-0.25, -0.2) is 0 Å². The van der Waals surface area contributed by atoms with Gasteiger partial charge in [0, 0.05) is 13.2 Å². The van der Waals surface area contributed by atoms with Crippen LogP contribution in [0.25, 0.3) is 0 Å². The summed E-state index contributed by atoms with van der Waals surface area (Å²) >= 11 is 0. The largest absolute Gasteiger partial charge is 0.493 e. The second-order valence-corrected chi connectivity index (χ2v) is 5.69. The summed E-state index contributed by atoms with van der Waals surface area (Å²) in [5, 5.41) is 4.28. The predicted octanol–water partition coefficient (Wildman–Crippen LogP) is 3.00. The number of hydrogen-bond acceptors (Lipinski definition) is 4. The van der Waals surface area contributed by atoms with Crippen LogP contribution in [0, 0.1) is 0 Å². The lowest BCUT2D eigenvalue weighted by molar-refractivity contribution is -0.0204. The van der Waals surface area contributed by atoms with Crippen LogP contribution in [0.3, 0.4) is 0 Å². The minimum Gasteiger partial charge on any atom is -0.493 e. The minimum absolute atomic E-state index is 0.00255. The molecular weight excluding hydrogens is 256 g/mol. The number of carbonyl (C=O) groups excluding carboxylic acids is 1. The van der Waals surface area contributed by atoms with Crippen molar-refractivity contribution in [3.8, 4) is 5.75 Å². The predicted molar refractivity (Wildman–Crippen MR) is 76.3 cm³/mol. The van der Waals surface area contributed by atoms with Crippen LogP contribution in [-0.2, 0) is 4.74 Å². The maximum atomic E-state index is 13.1. The lowest BCUT2D eigenvalue weighted by atomic mass is 9.80. The third-order valence-electron chi connectivity index (χ3n) is 4.15. The van der Waals surface area contributed by atoms with E-state index in [2.05, 4.69) is 5.10 Å². The fraction of sp³-hybridized carbons (Fsp3) is 0.733. The van der Waals surface area contributed by atoms with E-state index in [0.29, 0.717) is 11.4 Å². The number of aromatic nitrogens is 2. The van der Waals surface area contributed by atoms with Crippen LogP contribution in [0.15, 0.2) is 6.20 Å². The van der Waals surface area contributed by atoms with E-state index < -0.39 is 5.60 Å². The molecule has 0 bridgehead atoms. The van der Waals surface area contributed by atoms with Gasteiger partial charge in [0.1, 0.15) is 11.3 Å². The SMILES string of the molecule is COc1cnn(C(C)C)c1C(=O)C1(OC)CCCCC1. The normalized spacial score (nSPS) is 18.2. The maximum Gasteiger partial charge on any atom is 0.216 e. The van der Waals surface area contributed by atoms with Gasteiger partial charge < -0.3 is 9.47 Å². The second kappa shape index (κ2) is 5.95. The molecule has 1 saturated carbocycles. The molecule has 0 aromatic carbocycles. The standard InChI is InChI=1S/C15H24N2O3/c1-11(2)17-13(12(19-3)10-16-17)14(18)15(20-4)8-6-5-7-9-15/h10-11H,5-9H2,1-4H3. The topological polar surface area (TPSA) is 53.4 Å². The molecule has 0 aliphatic heterocycles. The second-order valence-electron chi connectivity index (χ2n) is 5.69. The van der Waals surface area contributed by atoms with E-state index in [0.717, 1.165) is 25.7 Å². The molecule has 0 saturated heterocycles. The number of ether oxygens (including phenoxy) is 2. The van der Waals surface area contributed by atoms with Crippen LogP contribution in [-0.4, -0.2) is 35.4 Å². The molecule has 20 heavy (non-hydrogen) atoms. The molecule has 0 N–H and O–H groups in total. The summed E-state index contributed by atoms with van der Waals surface area (Å²) in [5.41, 5.74) is -0.177. The Hall–Kier alpha value is -1.36. The fourth-order valence-electron chi connectivity index (χ4n) is 2.97. The molecule has 112 valence electrons. The van der Waals surface area contributed by atoms with E-state index in [-0.39, 0.29) is 11.8 Å². The Morgan fingerprint density at radius 1 is 1.30 bits per heavy atom. The van der Waals surface area contributed by atoms with Gasteiger partial charge in [-0.3, -0.25) is 9.48 Å². The molecule has 0 unspecified atom stereocenters. The molecule has 2 rings (SSSR count). The van der Waals surface area contributed by atoms with Crippen LogP contribution in [0.1, 0.15) is 62.5 Å². The average molecular weight is 280 g/mol. The first-order valence-corrected chi connectivity index (χ1v) is 7.27. The van der Waals surface area contributed by atoms with Gasteiger partial charge in [0.25, 0.3) is 0 Å². The molecule has 1 aliphatic carbocycles. The lowest BCUT2D eigenvalue weighted by Crippen LogP contribution is -2.43. The minimum atomic E-state index is -0.710. The summed E-state index contributed by atoms with van der Waals surface area (Å²) in [4.78, 5) is 13.1. The van der Waals surface area contributed by atoms with Crippen molar-refractivity contribution in [2.45, 2.75) is 57.6 Å². The Morgan fingerprint density at radius 2 is 1.95 bits per heavy atom. The third-order valence-corrected chi connectivity index (χ3v) is 4.15. The quantitative estimate of drug-likeness (QED) is 0.778. The Kier molecular flexibility index (Phi) is 4.48. The van der Waals surface area contributed by atoms with Crippen molar-refractivity contribution < 1.29 is 14.3 Å². The van der Waals surface area contributed by atoms with Gasteiger partial charge in [-0.15, -0.1) is 0 Å². The van der Waals surface area contributed by atoms with Crippen molar-refractivity contribution in [1.29, 1.82) is 0 Å². The van der Waals surface area contributed by atoms with Crippen molar-refractivity contribution in [2.24, 2.45) is 0 Å². The van der Waals surface area contributed by atoms with Gasteiger partial charge in [-0.2, -0.15) is 5.10 Å². The fourth-order valence-corrected chi connectivity index (χ4v) is 2.97. The summed E-state index contributed by atoms with van der Waals surface area (Å²) in [6, 6.07) is 0.107. The van der Waals surface area contributed by atoms with E-state index in [1.54, 1.807) is 25.1 Å². The van der Waals surface area contributed by atoms with E-state index in [1.165, 1.54) is 6.42 Å². The summed E-state index contributed by atoms with van der Waals surface area (Å²) in [6.45, 7) is 4.01. The van der Waals surface area contributed by atoms with Crippen molar-refractivity contribution >= 4 is 5.78 Å². The molecule has 1 heterocycles. The molecule has 0 spiro atoms. The molecule has 5 nitrogen and oxygen atoms in total. The van der Waals surface area contributed by atoms with E-state index >= 15 is 0 Å².